The van der Waals surface area contributed by atoms with Gasteiger partial charge in [-0.05, 0) is 15.6 Å². The van der Waals surface area contributed by atoms with Gasteiger partial charge in [-0.3, -0.25) is 6.08 Å². The van der Waals surface area contributed by atoms with Crippen molar-refractivity contribution in [1.29, 1.82) is 0 Å². The van der Waals surface area contributed by atoms with Crippen molar-refractivity contribution in [1.82, 2.24) is 0 Å². The third-order valence-corrected chi connectivity index (χ3v) is 9.47. The maximum atomic E-state index is 3.66. The number of halogens is 3. The Balaban J connectivity index is 0.00000182. The Hall–Kier alpha value is -1.06. The molecule has 0 saturated carbocycles. The molecule has 0 spiro atoms. The van der Waals surface area contributed by atoms with Crippen molar-refractivity contribution in [3.05, 3.63) is 114 Å². The van der Waals surface area contributed by atoms with E-state index < -0.39 is 8.07 Å². The fraction of sp³-hybridized carbons (Fsp3) is 0.0435. The molecule has 0 saturated heterocycles. The van der Waals surface area contributed by atoms with Gasteiger partial charge in [0.15, 0.2) is 0 Å². The first-order valence-electron chi connectivity index (χ1n) is 8.37. The predicted molar refractivity (Wildman–Crippen MR) is 104 cm³/mol. The van der Waals surface area contributed by atoms with Crippen molar-refractivity contribution in [2.75, 3.05) is 0 Å². The van der Waals surface area contributed by atoms with Crippen LogP contribution in [0.3, 0.4) is 0 Å². The molecule has 0 fully saturated rings. The van der Waals surface area contributed by atoms with E-state index in [9.17, 15) is 0 Å². The van der Waals surface area contributed by atoms with Gasteiger partial charge in [0, 0.05) is 0 Å². The second kappa shape index (κ2) is 12.5. The molecule has 0 aliphatic heterocycles. The summed E-state index contributed by atoms with van der Waals surface area (Å²) in [5, 5.41) is 5.61. The summed E-state index contributed by atoms with van der Waals surface area (Å²) in [7, 11) is -2.27. The van der Waals surface area contributed by atoms with Crippen LogP contribution in [0.15, 0.2) is 108 Å². The van der Waals surface area contributed by atoms with Crippen LogP contribution in [0.5, 0.6) is 0 Å². The quantitative estimate of drug-likeness (QED) is 0.200. The normalized spacial score (nSPS) is 11.8. The van der Waals surface area contributed by atoms with E-state index in [0.29, 0.717) is 0 Å². The molecule has 1 aliphatic rings. The molecule has 0 N–H and O–H groups in total. The van der Waals surface area contributed by atoms with E-state index in [2.05, 4.69) is 109 Å². The van der Waals surface area contributed by atoms with Gasteiger partial charge >= 0.3 is 21.7 Å². The fourth-order valence-electron chi connectivity index (χ4n) is 3.69. The van der Waals surface area contributed by atoms with Crippen molar-refractivity contribution in [3.63, 3.8) is 0 Å². The monoisotopic (exact) mass is 476 g/mol. The summed E-state index contributed by atoms with van der Waals surface area (Å²) < 4.78 is 0. The molecular formula is C23H19Cl3SiTi. The molecule has 5 heteroatoms. The van der Waals surface area contributed by atoms with Crippen molar-refractivity contribution in [2.45, 2.75) is 6.42 Å². The van der Waals surface area contributed by atoms with E-state index >= 15 is 0 Å². The van der Waals surface area contributed by atoms with Gasteiger partial charge in [-0.25, -0.2) is 11.3 Å². The summed E-state index contributed by atoms with van der Waals surface area (Å²) in [6, 6.07) is 32.9. The Morgan fingerprint density at radius 3 is 1.21 bits per heavy atom. The van der Waals surface area contributed by atoms with Crippen LogP contribution in [0.25, 0.3) is 0 Å². The minimum Gasteiger partial charge on any atom is -1.00 e. The van der Waals surface area contributed by atoms with Crippen LogP contribution in [0.2, 0.25) is 0 Å². The van der Waals surface area contributed by atoms with Crippen LogP contribution in [0.1, 0.15) is 6.42 Å². The van der Waals surface area contributed by atoms with E-state index in [0.717, 1.165) is 6.42 Å². The van der Waals surface area contributed by atoms with E-state index in [1.54, 1.807) is 0 Å². The predicted octanol–water partition coefficient (Wildman–Crippen LogP) is -5.61. The summed E-state index contributed by atoms with van der Waals surface area (Å²) in [6.45, 7) is 0. The van der Waals surface area contributed by atoms with Gasteiger partial charge in [0.25, 0.3) is 0 Å². The van der Waals surface area contributed by atoms with Gasteiger partial charge in [-0.2, -0.15) is 6.08 Å². The first-order chi connectivity index (χ1) is 11.9. The van der Waals surface area contributed by atoms with Gasteiger partial charge in [-0.15, -0.1) is 6.42 Å². The van der Waals surface area contributed by atoms with E-state index in [-0.39, 0.29) is 58.9 Å². The summed E-state index contributed by atoms with van der Waals surface area (Å²) in [5.74, 6) is 0. The number of benzene rings is 3. The average Bonchev–Trinajstić information content (AvgIpc) is 3.20. The first kappa shape index (κ1) is 26.9. The van der Waals surface area contributed by atoms with Crippen LogP contribution in [0, 0.1) is 6.08 Å². The van der Waals surface area contributed by atoms with Crippen LogP contribution in [0.4, 0.5) is 0 Å². The standard InChI is InChI=1S/C23H19Si.3ClH.Ti/c1-4-12-20(13-5-1)24(23-18-10-11-19-23,21-14-6-2-7-15-21)22-16-8-3-9-17-22;;;;/h1-10,12-18H,11H2;3*1H;/q-1;;;;+4/p-3. The molecule has 140 valence electrons. The number of allylic oxidation sites excluding steroid dienone is 4. The minimum atomic E-state index is -2.27. The summed E-state index contributed by atoms with van der Waals surface area (Å²) >= 11 is 0. The molecule has 3 aromatic rings. The third-order valence-electron chi connectivity index (χ3n) is 4.72. The molecule has 0 heterocycles. The van der Waals surface area contributed by atoms with Gasteiger partial charge in [0.05, 0.1) is 0 Å². The van der Waals surface area contributed by atoms with E-state index in [4.69, 9.17) is 0 Å². The average molecular weight is 478 g/mol. The van der Waals surface area contributed by atoms with Crippen molar-refractivity contribution < 1.29 is 58.9 Å². The Kier molecular flexibility index (Phi) is 12.0. The number of rotatable bonds is 4. The Bertz CT molecular complexity index is 785. The fourth-order valence-corrected chi connectivity index (χ4v) is 8.44. The zero-order chi connectivity index (χ0) is 16.2. The SMILES string of the molecule is [C-]1=C([Si](c2ccccc2)(c2ccccc2)c2ccccc2)C=CC1.[Cl-].[Cl-].[Cl-].[Ti+4]. The summed E-state index contributed by atoms with van der Waals surface area (Å²) in [4.78, 5) is 0. The molecule has 3 aromatic carbocycles. The minimum absolute atomic E-state index is 0. The van der Waals surface area contributed by atoms with E-state index in [1.807, 2.05) is 0 Å². The van der Waals surface area contributed by atoms with Crippen molar-refractivity contribution in [3.8, 4) is 0 Å². The maximum absolute atomic E-state index is 3.66. The number of hydrogen-bond donors (Lipinski definition) is 0. The zero-order valence-corrected chi connectivity index (χ0v) is 20.0. The van der Waals surface area contributed by atoms with Gasteiger partial charge in [0.2, 0.25) is 0 Å². The Morgan fingerprint density at radius 1 is 0.571 bits per heavy atom. The molecule has 0 bridgehead atoms. The third kappa shape index (κ3) is 4.91. The van der Waals surface area contributed by atoms with E-state index in [1.165, 1.54) is 20.8 Å². The molecule has 4 rings (SSSR count). The molecule has 0 amide bonds. The number of hydrogen-bond acceptors (Lipinski definition) is 0. The molecule has 1 aliphatic carbocycles. The molecule has 0 nitrogen and oxygen atoms in total. The van der Waals surface area contributed by atoms with Crippen LogP contribution < -0.4 is 52.8 Å². The molecular weight excluding hydrogens is 459 g/mol. The van der Waals surface area contributed by atoms with Gasteiger partial charge < -0.3 is 37.2 Å². The largest absolute Gasteiger partial charge is 4.00 e. The van der Waals surface area contributed by atoms with Crippen LogP contribution >= 0.6 is 0 Å². The second-order valence-electron chi connectivity index (χ2n) is 6.05. The Labute approximate surface area is 202 Å². The molecule has 0 atom stereocenters. The molecule has 0 radical (unpaired) electrons. The summed E-state index contributed by atoms with van der Waals surface area (Å²) in [5.41, 5.74) is 0. The zero-order valence-electron chi connectivity index (χ0n) is 15.2. The smallest absolute Gasteiger partial charge is 1.00 e. The molecule has 0 aromatic heterocycles. The van der Waals surface area contributed by atoms with Crippen LogP contribution in [-0.4, -0.2) is 8.07 Å². The molecule has 0 unspecified atom stereocenters. The Morgan fingerprint density at radius 2 is 0.929 bits per heavy atom. The first-order valence-corrected chi connectivity index (χ1v) is 10.4. The van der Waals surface area contributed by atoms with Crippen molar-refractivity contribution >= 4 is 23.6 Å². The van der Waals surface area contributed by atoms with Crippen LogP contribution in [-0.2, 0) is 21.7 Å². The topological polar surface area (TPSA) is 0 Å². The van der Waals surface area contributed by atoms with Gasteiger partial charge in [0.1, 0.15) is 8.07 Å². The second-order valence-corrected chi connectivity index (χ2v) is 9.82. The maximum Gasteiger partial charge on any atom is 4.00 e. The molecule has 28 heavy (non-hydrogen) atoms. The van der Waals surface area contributed by atoms with Gasteiger partial charge in [-0.1, -0.05) is 91.0 Å². The summed E-state index contributed by atoms with van der Waals surface area (Å²) in [6.07, 6.45) is 9.09. The van der Waals surface area contributed by atoms with Crippen molar-refractivity contribution in [2.24, 2.45) is 0 Å².